The SMILES string of the molecule is CCC(O)(O)C1=CC(=O)NC1=O. The number of imide groups is 1. The van der Waals surface area contributed by atoms with Gasteiger partial charge < -0.3 is 10.2 Å². The molecule has 0 aromatic rings. The number of amides is 2. The van der Waals surface area contributed by atoms with Gasteiger partial charge in [0.15, 0.2) is 5.79 Å². The fourth-order valence-electron chi connectivity index (χ4n) is 0.900. The molecule has 0 saturated carbocycles. The van der Waals surface area contributed by atoms with Gasteiger partial charge in [0.05, 0.1) is 5.57 Å². The second-order valence-corrected chi connectivity index (χ2v) is 2.55. The molecular formula is C7H9NO4. The molecule has 0 atom stereocenters. The lowest BCUT2D eigenvalue weighted by Crippen LogP contribution is -2.35. The summed E-state index contributed by atoms with van der Waals surface area (Å²) in [4.78, 5) is 21.5. The minimum absolute atomic E-state index is 0.0421. The lowest BCUT2D eigenvalue weighted by molar-refractivity contribution is -0.143. The van der Waals surface area contributed by atoms with E-state index in [1.165, 1.54) is 6.92 Å². The Hall–Kier alpha value is -1.20. The predicted octanol–water partition coefficient (Wildman–Crippen LogP) is -1.34. The molecule has 0 unspecified atom stereocenters. The van der Waals surface area contributed by atoms with Crippen molar-refractivity contribution in [2.24, 2.45) is 0 Å². The summed E-state index contributed by atoms with van der Waals surface area (Å²) in [5.41, 5.74) is -0.296. The fraction of sp³-hybridized carbons (Fsp3) is 0.429. The number of carbonyl (C=O) groups excluding carboxylic acids is 2. The Kier molecular flexibility index (Phi) is 1.99. The molecule has 1 rings (SSSR count). The summed E-state index contributed by atoms with van der Waals surface area (Å²) in [7, 11) is 0. The summed E-state index contributed by atoms with van der Waals surface area (Å²) in [6, 6.07) is 0. The highest BCUT2D eigenvalue weighted by molar-refractivity contribution is 6.17. The van der Waals surface area contributed by atoms with Crippen molar-refractivity contribution in [3.05, 3.63) is 11.6 Å². The van der Waals surface area contributed by atoms with Crippen LogP contribution in [0.1, 0.15) is 13.3 Å². The van der Waals surface area contributed by atoms with Gasteiger partial charge in [-0.15, -0.1) is 0 Å². The summed E-state index contributed by atoms with van der Waals surface area (Å²) >= 11 is 0. The van der Waals surface area contributed by atoms with Gasteiger partial charge in [-0.3, -0.25) is 14.9 Å². The van der Waals surface area contributed by atoms with E-state index < -0.39 is 17.6 Å². The van der Waals surface area contributed by atoms with Crippen LogP contribution in [-0.2, 0) is 9.59 Å². The highest BCUT2D eigenvalue weighted by Crippen LogP contribution is 2.20. The molecule has 0 aromatic carbocycles. The molecule has 0 saturated heterocycles. The average molecular weight is 171 g/mol. The normalized spacial score (nSPS) is 17.8. The van der Waals surface area contributed by atoms with E-state index in [-0.39, 0.29) is 12.0 Å². The molecule has 1 aliphatic rings. The Morgan fingerprint density at radius 1 is 1.50 bits per heavy atom. The van der Waals surface area contributed by atoms with Crippen LogP contribution in [-0.4, -0.2) is 27.8 Å². The maximum atomic E-state index is 10.9. The number of aliphatic hydroxyl groups is 2. The molecule has 0 fully saturated rings. The van der Waals surface area contributed by atoms with E-state index in [9.17, 15) is 19.8 Å². The molecule has 0 aliphatic carbocycles. The largest absolute Gasteiger partial charge is 0.362 e. The van der Waals surface area contributed by atoms with Crippen molar-refractivity contribution in [1.82, 2.24) is 5.32 Å². The lowest BCUT2D eigenvalue weighted by Gasteiger charge is -2.18. The van der Waals surface area contributed by atoms with Crippen LogP contribution in [0.5, 0.6) is 0 Å². The second-order valence-electron chi connectivity index (χ2n) is 2.55. The van der Waals surface area contributed by atoms with Gasteiger partial charge in [-0.1, -0.05) is 6.92 Å². The zero-order valence-corrected chi connectivity index (χ0v) is 6.50. The van der Waals surface area contributed by atoms with Gasteiger partial charge in [-0.05, 0) is 0 Å². The van der Waals surface area contributed by atoms with Crippen molar-refractivity contribution in [1.29, 1.82) is 0 Å². The Morgan fingerprint density at radius 3 is 2.42 bits per heavy atom. The van der Waals surface area contributed by atoms with E-state index in [4.69, 9.17) is 0 Å². The Bertz CT molecular complexity index is 267. The summed E-state index contributed by atoms with van der Waals surface area (Å²) < 4.78 is 0. The monoisotopic (exact) mass is 171 g/mol. The average Bonchev–Trinajstić information content (AvgIpc) is 2.31. The number of carbonyl (C=O) groups is 2. The van der Waals surface area contributed by atoms with Crippen LogP contribution in [0.2, 0.25) is 0 Å². The van der Waals surface area contributed by atoms with Crippen molar-refractivity contribution in [3.8, 4) is 0 Å². The van der Waals surface area contributed by atoms with E-state index in [0.29, 0.717) is 0 Å². The minimum atomic E-state index is -2.20. The van der Waals surface area contributed by atoms with E-state index in [1.807, 2.05) is 5.32 Å². The topological polar surface area (TPSA) is 86.6 Å². The van der Waals surface area contributed by atoms with Gasteiger partial charge in [0.1, 0.15) is 0 Å². The first-order valence-electron chi connectivity index (χ1n) is 3.49. The van der Waals surface area contributed by atoms with Crippen LogP contribution < -0.4 is 5.32 Å². The summed E-state index contributed by atoms with van der Waals surface area (Å²) in [6.07, 6.45) is 0.853. The molecule has 0 bridgehead atoms. The quantitative estimate of drug-likeness (QED) is 0.354. The van der Waals surface area contributed by atoms with Crippen LogP contribution in [0.15, 0.2) is 11.6 Å². The molecule has 0 spiro atoms. The van der Waals surface area contributed by atoms with Gasteiger partial charge in [-0.25, -0.2) is 0 Å². The molecule has 2 amide bonds. The number of hydrogen-bond donors (Lipinski definition) is 3. The van der Waals surface area contributed by atoms with Crippen LogP contribution >= 0.6 is 0 Å². The third kappa shape index (κ3) is 1.37. The zero-order chi connectivity index (χ0) is 9.35. The summed E-state index contributed by atoms with van der Waals surface area (Å²) in [6.45, 7) is 1.50. The highest BCUT2D eigenvalue weighted by atomic mass is 16.5. The van der Waals surface area contributed by atoms with E-state index in [0.717, 1.165) is 6.08 Å². The first kappa shape index (κ1) is 8.89. The first-order chi connectivity index (χ1) is 5.47. The summed E-state index contributed by atoms with van der Waals surface area (Å²) in [5.74, 6) is -3.56. The summed E-state index contributed by atoms with van der Waals surface area (Å²) in [5, 5.41) is 20.3. The predicted molar refractivity (Wildman–Crippen MR) is 38.7 cm³/mol. The molecule has 1 aliphatic heterocycles. The first-order valence-corrected chi connectivity index (χ1v) is 3.49. The molecule has 3 N–H and O–H groups in total. The maximum Gasteiger partial charge on any atom is 0.259 e. The molecule has 66 valence electrons. The van der Waals surface area contributed by atoms with Gasteiger partial charge in [0.25, 0.3) is 11.8 Å². The van der Waals surface area contributed by atoms with Gasteiger partial charge in [-0.2, -0.15) is 0 Å². The third-order valence-corrected chi connectivity index (χ3v) is 1.68. The second kappa shape index (κ2) is 2.69. The maximum absolute atomic E-state index is 10.9. The minimum Gasteiger partial charge on any atom is -0.362 e. The number of hydrogen-bond acceptors (Lipinski definition) is 4. The van der Waals surface area contributed by atoms with E-state index in [1.54, 1.807) is 0 Å². The molecule has 5 heteroatoms. The van der Waals surface area contributed by atoms with Crippen molar-refractivity contribution in [2.45, 2.75) is 19.1 Å². The molecule has 12 heavy (non-hydrogen) atoms. The Balaban J connectivity index is 2.96. The van der Waals surface area contributed by atoms with E-state index >= 15 is 0 Å². The zero-order valence-electron chi connectivity index (χ0n) is 6.50. The molecular weight excluding hydrogens is 162 g/mol. The van der Waals surface area contributed by atoms with Crippen LogP contribution in [0.3, 0.4) is 0 Å². The van der Waals surface area contributed by atoms with Crippen molar-refractivity contribution in [3.63, 3.8) is 0 Å². The fourth-order valence-corrected chi connectivity index (χ4v) is 0.900. The highest BCUT2D eigenvalue weighted by Gasteiger charge is 2.36. The standard InChI is InChI=1S/C7H9NO4/c1-2-7(11,12)4-3-5(9)8-6(4)10/h3,11-12H,2H2,1H3,(H,8,9,10). The van der Waals surface area contributed by atoms with Crippen LogP contribution in [0.4, 0.5) is 0 Å². The van der Waals surface area contributed by atoms with Crippen molar-refractivity contribution >= 4 is 11.8 Å². The molecule has 1 heterocycles. The van der Waals surface area contributed by atoms with Crippen LogP contribution in [0, 0.1) is 0 Å². The van der Waals surface area contributed by atoms with E-state index in [2.05, 4.69) is 0 Å². The Morgan fingerprint density at radius 2 is 2.08 bits per heavy atom. The van der Waals surface area contributed by atoms with Gasteiger partial charge in [0, 0.05) is 12.5 Å². The molecule has 0 aromatic heterocycles. The molecule has 0 radical (unpaired) electrons. The van der Waals surface area contributed by atoms with Crippen molar-refractivity contribution < 1.29 is 19.8 Å². The number of nitrogens with one attached hydrogen (secondary N) is 1. The van der Waals surface area contributed by atoms with Crippen LogP contribution in [0.25, 0.3) is 0 Å². The molecule has 5 nitrogen and oxygen atoms in total. The Labute approximate surface area is 68.7 Å². The third-order valence-electron chi connectivity index (χ3n) is 1.68. The van der Waals surface area contributed by atoms with Crippen molar-refractivity contribution in [2.75, 3.05) is 0 Å². The van der Waals surface area contributed by atoms with Gasteiger partial charge in [0.2, 0.25) is 0 Å². The smallest absolute Gasteiger partial charge is 0.259 e. The van der Waals surface area contributed by atoms with Gasteiger partial charge >= 0.3 is 0 Å². The lowest BCUT2D eigenvalue weighted by atomic mass is 10.0. The number of rotatable bonds is 2.